The number of ether oxygens (including phenoxy) is 2. The van der Waals surface area contributed by atoms with Gasteiger partial charge in [-0.05, 0) is 12.8 Å². The van der Waals surface area contributed by atoms with Gasteiger partial charge in [0.25, 0.3) is 0 Å². The lowest BCUT2D eigenvalue weighted by Gasteiger charge is -2.27. The van der Waals surface area contributed by atoms with E-state index in [-0.39, 0.29) is 5.79 Å². The summed E-state index contributed by atoms with van der Waals surface area (Å²) in [5.41, 5.74) is 0. The predicted molar refractivity (Wildman–Crippen MR) is 90.6 cm³/mol. The molecule has 0 aliphatic carbocycles. The molecule has 1 fully saturated rings. The molecule has 2 nitrogen and oxygen atoms in total. The van der Waals surface area contributed by atoms with Gasteiger partial charge in [-0.2, -0.15) is 0 Å². The summed E-state index contributed by atoms with van der Waals surface area (Å²) in [6, 6.07) is 0. The molecule has 0 bridgehead atoms. The highest BCUT2D eigenvalue weighted by Crippen LogP contribution is 2.31. The van der Waals surface area contributed by atoms with Crippen LogP contribution < -0.4 is 0 Å². The van der Waals surface area contributed by atoms with Crippen molar-refractivity contribution in [2.75, 3.05) is 13.2 Å². The Morgan fingerprint density at radius 1 is 0.571 bits per heavy atom. The summed E-state index contributed by atoms with van der Waals surface area (Å²) >= 11 is 0. The van der Waals surface area contributed by atoms with Gasteiger partial charge in [0.05, 0.1) is 13.2 Å². The van der Waals surface area contributed by atoms with E-state index in [1.807, 2.05) is 0 Å². The van der Waals surface area contributed by atoms with Crippen LogP contribution in [-0.2, 0) is 9.47 Å². The van der Waals surface area contributed by atoms with E-state index in [1.54, 1.807) is 0 Å². The Labute approximate surface area is 133 Å². The van der Waals surface area contributed by atoms with Gasteiger partial charge < -0.3 is 9.47 Å². The highest BCUT2D eigenvalue weighted by Gasteiger charge is 2.34. The van der Waals surface area contributed by atoms with E-state index in [2.05, 4.69) is 13.8 Å². The SMILES string of the molecule is CCCCCCCCC1(CCCCCCCC)OCCO1. The van der Waals surface area contributed by atoms with E-state index in [9.17, 15) is 0 Å². The van der Waals surface area contributed by atoms with Gasteiger partial charge in [0.15, 0.2) is 5.79 Å². The fraction of sp³-hybridized carbons (Fsp3) is 1.00. The second-order valence-electron chi connectivity index (χ2n) is 6.64. The Hall–Kier alpha value is -0.0800. The summed E-state index contributed by atoms with van der Waals surface area (Å²) in [6.07, 6.45) is 18.4. The molecule has 1 saturated heterocycles. The largest absolute Gasteiger partial charge is 0.348 e. The molecular weight excluding hydrogens is 260 g/mol. The van der Waals surface area contributed by atoms with E-state index in [0.29, 0.717) is 0 Å². The molecule has 0 N–H and O–H groups in total. The van der Waals surface area contributed by atoms with Gasteiger partial charge in [-0.25, -0.2) is 0 Å². The van der Waals surface area contributed by atoms with Crippen LogP contribution in [0.2, 0.25) is 0 Å². The molecule has 0 spiro atoms. The van der Waals surface area contributed by atoms with Crippen LogP contribution in [0.4, 0.5) is 0 Å². The lowest BCUT2D eigenvalue weighted by atomic mass is 9.99. The predicted octanol–water partition coefficient (Wildman–Crippen LogP) is 6.23. The molecule has 0 atom stereocenters. The Balaban J connectivity index is 2.09. The Kier molecular flexibility index (Phi) is 11.3. The van der Waals surface area contributed by atoms with Gasteiger partial charge >= 0.3 is 0 Å². The number of rotatable bonds is 14. The highest BCUT2D eigenvalue weighted by molar-refractivity contribution is 4.74. The molecule has 0 unspecified atom stereocenters. The van der Waals surface area contributed by atoms with Crippen LogP contribution >= 0.6 is 0 Å². The lowest BCUT2D eigenvalue weighted by molar-refractivity contribution is -0.168. The monoisotopic (exact) mass is 298 g/mol. The van der Waals surface area contributed by atoms with Crippen molar-refractivity contribution in [2.45, 2.75) is 110 Å². The third-order valence-electron chi connectivity index (χ3n) is 4.64. The topological polar surface area (TPSA) is 18.5 Å². The summed E-state index contributed by atoms with van der Waals surface area (Å²) in [4.78, 5) is 0. The molecule has 0 aromatic rings. The van der Waals surface area contributed by atoms with Crippen molar-refractivity contribution in [1.29, 1.82) is 0 Å². The van der Waals surface area contributed by atoms with Gasteiger partial charge in [-0.1, -0.05) is 78.1 Å². The molecule has 21 heavy (non-hydrogen) atoms. The van der Waals surface area contributed by atoms with Crippen LogP contribution in [0.5, 0.6) is 0 Å². The van der Waals surface area contributed by atoms with Gasteiger partial charge in [-0.3, -0.25) is 0 Å². The lowest BCUT2D eigenvalue weighted by Crippen LogP contribution is -2.30. The normalized spacial score (nSPS) is 17.4. The van der Waals surface area contributed by atoms with Gasteiger partial charge in [-0.15, -0.1) is 0 Å². The van der Waals surface area contributed by atoms with Gasteiger partial charge in [0, 0.05) is 12.8 Å². The summed E-state index contributed by atoms with van der Waals surface area (Å²) in [5.74, 6) is -0.213. The smallest absolute Gasteiger partial charge is 0.168 e. The van der Waals surface area contributed by atoms with Crippen LogP contribution in [0.3, 0.4) is 0 Å². The van der Waals surface area contributed by atoms with E-state index in [4.69, 9.17) is 9.47 Å². The van der Waals surface area contributed by atoms with Crippen LogP contribution in [0, 0.1) is 0 Å². The minimum Gasteiger partial charge on any atom is -0.348 e. The molecule has 0 saturated carbocycles. The van der Waals surface area contributed by atoms with Crippen molar-refractivity contribution < 1.29 is 9.47 Å². The first-order valence-corrected chi connectivity index (χ1v) is 9.61. The summed E-state index contributed by atoms with van der Waals surface area (Å²) in [5, 5.41) is 0. The second-order valence-corrected chi connectivity index (χ2v) is 6.64. The highest BCUT2D eigenvalue weighted by atomic mass is 16.7. The molecule has 1 aliphatic rings. The third-order valence-corrected chi connectivity index (χ3v) is 4.64. The number of hydrogen-bond donors (Lipinski definition) is 0. The Bertz CT molecular complexity index is 204. The van der Waals surface area contributed by atoms with Crippen LogP contribution in [0.1, 0.15) is 104 Å². The van der Waals surface area contributed by atoms with Crippen molar-refractivity contribution >= 4 is 0 Å². The summed E-state index contributed by atoms with van der Waals surface area (Å²) in [6.45, 7) is 6.14. The molecule has 126 valence electrons. The van der Waals surface area contributed by atoms with Gasteiger partial charge in [0.1, 0.15) is 0 Å². The van der Waals surface area contributed by atoms with Crippen LogP contribution in [0.25, 0.3) is 0 Å². The van der Waals surface area contributed by atoms with E-state index < -0.39 is 0 Å². The maximum absolute atomic E-state index is 5.97. The fourth-order valence-corrected chi connectivity index (χ4v) is 3.26. The van der Waals surface area contributed by atoms with Crippen molar-refractivity contribution in [2.24, 2.45) is 0 Å². The first kappa shape index (κ1) is 19.0. The summed E-state index contributed by atoms with van der Waals surface area (Å²) < 4.78 is 11.9. The molecule has 0 aromatic carbocycles. The maximum Gasteiger partial charge on any atom is 0.168 e. The number of hydrogen-bond acceptors (Lipinski definition) is 2. The van der Waals surface area contributed by atoms with Crippen molar-refractivity contribution in [3.8, 4) is 0 Å². The molecular formula is C19H38O2. The average Bonchev–Trinajstić information content (AvgIpc) is 2.96. The average molecular weight is 299 g/mol. The zero-order valence-electron chi connectivity index (χ0n) is 14.6. The zero-order valence-corrected chi connectivity index (χ0v) is 14.6. The summed E-state index contributed by atoms with van der Waals surface area (Å²) in [7, 11) is 0. The molecule has 1 aliphatic heterocycles. The molecule has 0 aromatic heterocycles. The van der Waals surface area contributed by atoms with Crippen LogP contribution in [0.15, 0.2) is 0 Å². The maximum atomic E-state index is 5.97. The fourth-order valence-electron chi connectivity index (χ4n) is 3.26. The molecule has 2 heteroatoms. The van der Waals surface area contributed by atoms with Crippen molar-refractivity contribution in [1.82, 2.24) is 0 Å². The van der Waals surface area contributed by atoms with E-state index in [0.717, 1.165) is 26.1 Å². The zero-order chi connectivity index (χ0) is 15.2. The molecule has 0 amide bonds. The van der Waals surface area contributed by atoms with E-state index >= 15 is 0 Å². The first-order chi connectivity index (χ1) is 10.3. The van der Waals surface area contributed by atoms with Crippen molar-refractivity contribution in [3.63, 3.8) is 0 Å². The van der Waals surface area contributed by atoms with Crippen LogP contribution in [-0.4, -0.2) is 19.0 Å². The Morgan fingerprint density at radius 2 is 0.952 bits per heavy atom. The molecule has 1 heterocycles. The quantitative estimate of drug-likeness (QED) is 0.354. The minimum atomic E-state index is -0.213. The minimum absolute atomic E-state index is 0.213. The van der Waals surface area contributed by atoms with Crippen molar-refractivity contribution in [3.05, 3.63) is 0 Å². The third kappa shape index (κ3) is 8.83. The second kappa shape index (κ2) is 12.5. The number of unbranched alkanes of at least 4 members (excludes halogenated alkanes) is 10. The Morgan fingerprint density at radius 3 is 1.38 bits per heavy atom. The molecule has 1 rings (SSSR count). The first-order valence-electron chi connectivity index (χ1n) is 9.61. The molecule has 0 radical (unpaired) electrons. The van der Waals surface area contributed by atoms with Gasteiger partial charge in [0.2, 0.25) is 0 Å². The van der Waals surface area contributed by atoms with E-state index in [1.165, 1.54) is 77.0 Å². The standard InChI is InChI=1S/C19H38O2/c1-3-5-7-9-11-13-15-19(20-17-18-21-19)16-14-12-10-8-6-4-2/h3-18H2,1-2H3.